The molecule has 19 heavy (non-hydrogen) atoms. The van der Waals surface area contributed by atoms with E-state index in [1.54, 1.807) is 6.20 Å². The largest absolute Gasteiger partial charge is 0.355 e. The van der Waals surface area contributed by atoms with Crippen LogP contribution in [0.3, 0.4) is 0 Å². The minimum absolute atomic E-state index is 0.0358. The molecule has 1 aromatic heterocycles. The molecule has 1 aliphatic heterocycles. The molecule has 6 nitrogen and oxygen atoms in total. The summed E-state index contributed by atoms with van der Waals surface area (Å²) in [6.45, 7) is 2.47. The van der Waals surface area contributed by atoms with Gasteiger partial charge in [-0.15, -0.1) is 0 Å². The molecule has 104 valence electrons. The maximum absolute atomic E-state index is 12.0. The number of nitrogens with zero attached hydrogens (tertiary/aromatic N) is 3. The zero-order chi connectivity index (χ0) is 13.7. The molecule has 0 spiro atoms. The van der Waals surface area contributed by atoms with E-state index >= 15 is 0 Å². The molecule has 2 rings (SSSR count). The Hall–Kier alpha value is -1.40. The van der Waals surface area contributed by atoms with Crippen LogP contribution in [0.15, 0.2) is 12.5 Å². The minimum atomic E-state index is -0.0358. The number of piperidine rings is 1. The third-order valence-corrected chi connectivity index (χ3v) is 3.45. The molecule has 0 radical (unpaired) electrons. The lowest BCUT2D eigenvalue weighted by Gasteiger charge is -2.33. The summed E-state index contributed by atoms with van der Waals surface area (Å²) in [7, 11) is 0. The Balaban J connectivity index is 2.01. The summed E-state index contributed by atoms with van der Waals surface area (Å²) < 4.78 is 0. The van der Waals surface area contributed by atoms with E-state index < -0.39 is 0 Å². The van der Waals surface area contributed by atoms with Crippen LogP contribution in [0.4, 0.5) is 5.82 Å². The monoisotopic (exact) mass is 283 g/mol. The Morgan fingerprint density at radius 3 is 3.21 bits per heavy atom. The van der Waals surface area contributed by atoms with Crippen LogP contribution in [-0.2, 0) is 4.79 Å². The first kappa shape index (κ1) is 14.0. The molecule has 0 aliphatic carbocycles. The number of hydrogen-bond acceptors (Lipinski definition) is 5. The van der Waals surface area contributed by atoms with Crippen LogP contribution in [0.2, 0.25) is 5.02 Å². The predicted molar refractivity (Wildman–Crippen MR) is 74.0 cm³/mol. The highest BCUT2D eigenvalue weighted by Crippen LogP contribution is 2.26. The zero-order valence-electron chi connectivity index (χ0n) is 10.7. The molecule has 3 N–H and O–H groups in total. The van der Waals surface area contributed by atoms with Gasteiger partial charge in [-0.05, 0) is 12.8 Å². The molecule has 1 amide bonds. The molecule has 1 atom stereocenters. The van der Waals surface area contributed by atoms with Gasteiger partial charge in [-0.1, -0.05) is 11.6 Å². The second-order valence-corrected chi connectivity index (χ2v) is 4.97. The van der Waals surface area contributed by atoms with Crippen molar-refractivity contribution in [1.29, 1.82) is 0 Å². The Morgan fingerprint density at radius 1 is 1.63 bits per heavy atom. The number of anilines is 1. The normalized spacial score (nSPS) is 19.3. The van der Waals surface area contributed by atoms with Gasteiger partial charge in [0.25, 0.3) is 0 Å². The van der Waals surface area contributed by atoms with Crippen LogP contribution in [0.25, 0.3) is 0 Å². The molecular weight excluding hydrogens is 266 g/mol. The van der Waals surface area contributed by atoms with E-state index in [1.807, 2.05) is 4.90 Å². The summed E-state index contributed by atoms with van der Waals surface area (Å²) in [5, 5.41) is 3.35. The maximum atomic E-state index is 12.0. The van der Waals surface area contributed by atoms with Crippen molar-refractivity contribution in [3.05, 3.63) is 17.5 Å². The number of nitrogens with one attached hydrogen (secondary N) is 1. The van der Waals surface area contributed by atoms with Gasteiger partial charge in [-0.2, -0.15) is 0 Å². The Labute approximate surface area is 117 Å². The van der Waals surface area contributed by atoms with E-state index in [4.69, 9.17) is 17.3 Å². The van der Waals surface area contributed by atoms with Crippen LogP contribution >= 0.6 is 11.6 Å². The summed E-state index contributed by atoms with van der Waals surface area (Å²) >= 11 is 6.08. The summed E-state index contributed by atoms with van der Waals surface area (Å²) in [6, 6.07) is 0. The number of nitrogens with two attached hydrogens (primary N) is 1. The van der Waals surface area contributed by atoms with Gasteiger partial charge in [-0.25, -0.2) is 9.97 Å². The number of rotatable bonds is 4. The lowest BCUT2D eigenvalue weighted by molar-refractivity contribution is -0.125. The third-order valence-electron chi connectivity index (χ3n) is 3.18. The average molecular weight is 284 g/mol. The van der Waals surface area contributed by atoms with Gasteiger partial charge in [0.2, 0.25) is 5.91 Å². The van der Waals surface area contributed by atoms with Crippen molar-refractivity contribution in [2.24, 2.45) is 11.7 Å². The Kier molecular flexibility index (Phi) is 4.93. The predicted octanol–water partition coefficient (Wildman–Crippen LogP) is 0.421. The molecular formula is C12H18ClN5O. The fraction of sp³-hybridized carbons (Fsp3) is 0.583. The van der Waals surface area contributed by atoms with Crippen molar-refractivity contribution in [2.45, 2.75) is 12.8 Å². The smallest absolute Gasteiger partial charge is 0.224 e. The zero-order valence-corrected chi connectivity index (χ0v) is 11.4. The van der Waals surface area contributed by atoms with E-state index in [0.29, 0.717) is 30.5 Å². The maximum Gasteiger partial charge on any atom is 0.224 e. The number of carbonyl (C=O) groups excluding carboxylic acids is 1. The molecule has 1 unspecified atom stereocenters. The van der Waals surface area contributed by atoms with Gasteiger partial charge in [-0.3, -0.25) is 4.79 Å². The van der Waals surface area contributed by atoms with E-state index in [2.05, 4.69) is 15.3 Å². The van der Waals surface area contributed by atoms with E-state index in [-0.39, 0.29) is 11.8 Å². The highest BCUT2D eigenvalue weighted by Gasteiger charge is 2.27. The van der Waals surface area contributed by atoms with Crippen LogP contribution in [0.5, 0.6) is 0 Å². The van der Waals surface area contributed by atoms with Crippen LogP contribution in [0, 0.1) is 5.92 Å². The number of halogens is 1. The van der Waals surface area contributed by atoms with E-state index in [0.717, 1.165) is 19.4 Å². The quantitative estimate of drug-likeness (QED) is 0.837. The van der Waals surface area contributed by atoms with Crippen molar-refractivity contribution in [1.82, 2.24) is 15.3 Å². The van der Waals surface area contributed by atoms with Crippen LogP contribution < -0.4 is 16.0 Å². The molecule has 0 saturated carbocycles. The second-order valence-electron chi connectivity index (χ2n) is 4.56. The number of amides is 1. The SMILES string of the molecule is NCCNC(=O)C1CCCN(c2ncncc2Cl)C1. The van der Waals surface area contributed by atoms with Crippen LogP contribution in [-0.4, -0.2) is 42.1 Å². The molecule has 0 aromatic carbocycles. The second kappa shape index (κ2) is 6.68. The number of carbonyl (C=O) groups is 1. The summed E-state index contributed by atoms with van der Waals surface area (Å²) in [6.07, 6.45) is 4.87. The summed E-state index contributed by atoms with van der Waals surface area (Å²) in [4.78, 5) is 22.1. The highest BCUT2D eigenvalue weighted by molar-refractivity contribution is 6.32. The van der Waals surface area contributed by atoms with Gasteiger partial charge in [0.15, 0.2) is 5.82 Å². The molecule has 1 saturated heterocycles. The number of aromatic nitrogens is 2. The van der Waals surface area contributed by atoms with Crippen molar-refractivity contribution in [3.63, 3.8) is 0 Å². The minimum Gasteiger partial charge on any atom is -0.355 e. The topological polar surface area (TPSA) is 84.1 Å². The molecule has 1 fully saturated rings. The van der Waals surface area contributed by atoms with Gasteiger partial charge in [0.05, 0.1) is 12.1 Å². The first-order valence-electron chi connectivity index (χ1n) is 6.40. The van der Waals surface area contributed by atoms with E-state index in [9.17, 15) is 4.79 Å². The lowest BCUT2D eigenvalue weighted by atomic mass is 9.97. The highest BCUT2D eigenvalue weighted by atomic mass is 35.5. The van der Waals surface area contributed by atoms with Gasteiger partial charge in [0, 0.05) is 26.2 Å². The molecule has 1 aromatic rings. The van der Waals surface area contributed by atoms with Crippen molar-refractivity contribution >= 4 is 23.3 Å². The van der Waals surface area contributed by atoms with Gasteiger partial charge in [0.1, 0.15) is 11.3 Å². The standard InChI is InChI=1S/C12H18ClN5O/c13-10-6-15-8-17-11(10)18-5-1-2-9(7-18)12(19)16-4-3-14/h6,8-9H,1-5,7,14H2,(H,16,19). The summed E-state index contributed by atoms with van der Waals surface area (Å²) in [5.41, 5.74) is 5.39. The molecule has 1 aliphatic rings. The first-order chi connectivity index (χ1) is 9.22. The van der Waals surface area contributed by atoms with Gasteiger partial charge >= 0.3 is 0 Å². The van der Waals surface area contributed by atoms with Gasteiger partial charge < -0.3 is 16.0 Å². The first-order valence-corrected chi connectivity index (χ1v) is 6.78. The van der Waals surface area contributed by atoms with Crippen molar-refractivity contribution in [3.8, 4) is 0 Å². The Morgan fingerprint density at radius 2 is 2.47 bits per heavy atom. The van der Waals surface area contributed by atoms with Crippen LogP contribution in [0.1, 0.15) is 12.8 Å². The summed E-state index contributed by atoms with van der Waals surface area (Å²) in [5.74, 6) is 0.722. The number of hydrogen-bond donors (Lipinski definition) is 2. The molecule has 7 heteroatoms. The lowest BCUT2D eigenvalue weighted by Crippen LogP contribution is -2.44. The van der Waals surface area contributed by atoms with Crippen molar-refractivity contribution < 1.29 is 4.79 Å². The third kappa shape index (κ3) is 3.54. The van der Waals surface area contributed by atoms with Crippen molar-refractivity contribution in [2.75, 3.05) is 31.1 Å². The fourth-order valence-corrected chi connectivity index (χ4v) is 2.49. The fourth-order valence-electron chi connectivity index (χ4n) is 2.26. The van der Waals surface area contributed by atoms with E-state index in [1.165, 1.54) is 6.33 Å². The molecule has 2 heterocycles. The average Bonchev–Trinajstić information content (AvgIpc) is 2.45. The Bertz CT molecular complexity index is 442. The molecule has 0 bridgehead atoms.